The summed E-state index contributed by atoms with van der Waals surface area (Å²) in [6, 6.07) is 13.7. The molecule has 1 heterocycles. The van der Waals surface area contributed by atoms with Gasteiger partial charge in [0.2, 0.25) is 0 Å². The van der Waals surface area contributed by atoms with Crippen LogP contribution in [0.1, 0.15) is 29.8 Å². The van der Waals surface area contributed by atoms with E-state index < -0.39 is 0 Å². The van der Waals surface area contributed by atoms with Crippen LogP contribution in [-0.2, 0) is 6.54 Å². The summed E-state index contributed by atoms with van der Waals surface area (Å²) in [5.41, 5.74) is 1.78. The van der Waals surface area contributed by atoms with Gasteiger partial charge in [-0.15, -0.1) is 0 Å². The van der Waals surface area contributed by atoms with E-state index in [1.54, 1.807) is 25.4 Å². The lowest BCUT2D eigenvalue weighted by Crippen LogP contribution is -2.36. The second kappa shape index (κ2) is 6.88. The van der Waals surface area contributed by atoms with Gasteiger partial charge in [0.25, 0.3) is 5.91 Å². The Kier molecular flexibility index (Phi) is 4.93. The second-order valence-electron chi connectivity index (χ2n) is 5.19. The molecule has 2 aromatic rings. The molecule has 0 saturated carbocycles. The van der Waals surface area contributed by atoms with Crippen LogP contribution in [0.3, 0.4) is 0 Å². The number of pyridine rings is 1. The van der Waals surface area contributed by atoms with Crippen LogP contribution in [0.2, 0.25) is 0 Å². The molecule has 1 N–H and O–H groups in total. The number of benzene rings is 1. The largest absolute Gasteiger partial charge is 0.373 e. The molecule has 21 heavy (non-hydrogen) atoms. The molecule has 1 aromatic carbocycles. The summed E-state index contributed by atoms with van der Waals surface area (Å²) in [7, 11) is 1.79. The van der Waals surface area contributed by atoms with Crippen molar-refractivity contribution in [3.8, 4) is 0 Å². The number of hydrogen-bond donors (Lipinski definition) is 1. The second-order valence-corrected chi connectivity index (χ2v) is 5.19. The van der Waals surface area contributed by atoms with Crippen molar-refractivity contribution in [2.24, 2.45) is 0 Å². The maximum atomic E-state index is 12.7. The highest BCUT2D eigenvalue weighted by molar-refractivity contribution is 5.95. The first kappa shape index (κ1) is 15.0. The molecule has 4 heteroatoms. The molecule has 0 bridgehead atoms. The highest BCUT2D eigenvalue weighted by Crippen LogP contribution is 2.15. The number of aromatic nitrogens is 1. The van der Waals surface area contributed by atoms with Gasteiger partial charge < -0.3 is 10.2 Å². The SMILES string of the molecule is CNc1cc(C(=O)N(Cc2ccccc2)C(C)C)ccn1. The maximum Gasteiger partial charge on any atom is 0.254 e. The lowest BCUT2D eigenvalue weighted by atomic mass is 10.1. The Morgan fingerprint density at radius 2 is 1.95 bits per heavy atom. The smallest absolute Gasteiger partial charge is 0.254 e. The number of carbonyl (C=O) groups is 1. The van der Waals surface area contributed by atoms with Gasteiger partial charge in [-0.05, 0) is 31.5 Å². The van der Waals surface area contributed by atoms with Crippen molar-refractivity contribution in [3.05, 3.63) is 59.8 Å². The van der Waals surface area contributed by atoms with Crippen LogP contribution in [0.15, 0.2) is 48.7 Å². The predicted octanol–water partition coefficient (Wildman–Crippen LogP) is 3.17. The fourth-order valence-corrected chi connectivity index (χ4v) is 2.14. The summed E-state index contributed by atoms with van der Waals surface area (Å²) in [4.78, 5) is 18.7. The fourth-order valence-electron chi connectivity index (χ4n) is 2.14. The minimum Gasteiger partial charge on any atom is -0.373 e. The molecular weight excluding hydrogens is 262 g/mol. The summed E-state index contributed by atoms with van der Waals surface area (Å²) in [5, 5.41) is 2.96. The van der Waals surface area contributed by atoms with Crippen LogP contribution in [0.5, 0.6) is 0 Å². The number of nitrogens with one attached hydrogen (secondary N) is 1. The molecule has 0 aliphatic carbocycles. The zero-order chi connectivity index (χ0) is 15.2. The van der Waals surface area contributed by atoms with Gasteiger partial charge in [0.05, 0.1) is 0 Å². The molecular formula is C17H21N3O. The van der Waals surface area contributed by atoms with E-state index in [9.17, 15) is 4.79 Å². The van der Waals surface area contributed by atoms with Crippen LogP contribution >= 0.6 is 0 Å². The molecule has 4 nitrogen and oxygen atoms in total. The highest BCUT2D eigenvalue weighted by atomic mass is 16.2. The Labute approximate surface area is 125 Å². The van der Waals surface area contributed by atoms with E-state index in [2.05, 4.69) is 10.3 Å². The topological polar surface area (TPSA) is 45.2 Å². The zero-order valence-corrected chi connectivity index (χ0v) is 12.7. The number of anilines is 1. The molecule has 2 rings (SSSR count). The van der Waals surface area contributed by atoms with E-state index in [1.807, 2.05) is 49.1 Å². The van der Waals surface area contributed by atoms with Crippen molar-refractivity contribution in [2.75, 3.05) is 12.4 Å². The average Bonchev–Trinajstić information content (AvgIpc) is 2.52. The maximum absolute atomic E-state index is 12.7. The first-order chi connectivity index (χ1) is 10.1. The minimum atomic E-state index is 0.0211. The number of hydrogen-bond acceptors (Lipinski definition) is 3. The van der Waals surface area contributed by atoms with Gasteiger partial charge in [0.15, 0.2) is 0 Å². The van der Waals surface area contributed by atoms with Gasteiger partial charge >= 0.3 is 0 Å². The Morgan fingerprint density at radius 1 is 1.24 bits per heavy atom. The van der Waals surface area contributed by atoms with Gasteiger partial charge in [-0.2, -0.15) is 0 Å². The first-order valence-electron chi connectivity index (χ1n) is 7.10. The van der Waals surface area contributed by atoms with E-state index in [4.69, 9.17) is 0 Å². The van der Waals surface area contributed by atoms with E-state index in [0.29, 0.717) is 17.9 Å². The molecule has 0 spiro atoms. The van der Waals surface area contributed by atoms with Crippen LogP contribution in [-0.4, -0.2) is 28.9 Å². The summed E-state index contributed by atoms with van der Waals surface area (Å²) < 4.78 is 0. The molecule has 0 aliphatic rings. The number of carbonyl (C=O) groups excluding carboxylic acids is 1. The normalized spacial score (nSPS) is 10.5. The lowest BCUT2D eigenvalue weighted by molar-refractivity contribution is 0.0690. The standard InChI is InChI=1S/C17H21N3O/c1-13(2)20(12-14-7-5-4-6-8-14)17(21)15-9-10-19-16(11-15)18-3/h4-11,13H,12H2,1-3H3,(H,18,19). The van der Waals surface area contributed by atoms with Crippen LogP contribution < -0.4 is 5.32 Å². The Balaban J connectivity index is 2.23. The van der Waals surface area contributed by atoms with E-state index >= 15 is 0 Å². The van der Waals surface area contributed by atoms with Crippen molar-refractivity contribution < 1.29 is 4.79 Å². The molecule has 0 unspecified atom stereocenters. The first-order valence-corrected chi connectivity index (χ1v) is 7.10. The van der Waals surface area contributed by atoms with Crippen molar-refractivity contribution in [1.29, 1.82) is 0 Å². The predicted molar refractivity (Wildman–Crippen MR) is 85.2 cm³/mol. The summed E-state index contributed by atoms with van der Waals surface area (Å²) in [6.45, 7) is 4.66. The molecule has 0 atom stereocenters. The van der Waals surface area contributed by atoms with E-state index in [1.165, 1.54) is 0 Å². The quantitative estimate of drug-likeness (QED) is 0.916. The Morgan fingerprint density at radius 3 is 2.57 bits per heavy atom. The van der Waals surface area contributed by atoms with Crippen LogP contribution in [0.25, 0.3) is 0 Å². The molecule has 0 radical (unpaired) electrons. The molecule has 1 amide bonds. The third-order valence-corrected chi connectivity index (χ3v) is 3.34. The monoisotopic (exact) mass is 283 g/mol. The zero-order valence-electron chi connectivity index (χ0n) is 12.7. The Bertz CT molecular complexity index is 596. The van der Waals surface area contributed by atoms with Crippen LogP contribution in [0, 0.1) is 0 Å². The molecule has 0 saturated heterocycles. The number of rotatable bonds is 5. The summed E-state index contributed by atoms with van der Waals surface area (Å²) in [6.07, 6.45) is 1.65. The third-order valence-electron chi connectivity index (χ3n) is 3.34. The molecule has 1 aromatic heterocycles. The van der Waals surface area contributed by atoms with Crippen molar-refractivity contribution in [2.45, 2.75) is 26.4 Å². The lowest BCUT2D eigenvalue weighted by Gasteiger charge is -2.27. The van der Waals surface area contributed by atoms with Gasteiger partial charge in [-0.3, -0.25) is 4.79 Å². The minimum absolute atomic E-state index is 0.0211. The highest BCUT2D eigenvalue weighted by Gasteiger charge is 2.19. The molecule has 0 fully saturated rings. The summed E-state index contributed by atoms with van der Waals surface area (Å²) >= 11 is 0. The van der Waals surface area contributed by atoms with Gasteiger partial charge in [0, 0.05) is 31.4 Å². The van der Waals surface area contributed by atoms with Crippen molar-refractivity contribution in [3.63, 3.8) is 0 Å². The Hall–Kier alpha value is -2.36. The van der Waals surface area contributed by atoms with E-state index in [-0.39, 0.29) is 11.9 Å². The molecule has 110 valence electrons. The molecule has 0 aliphatic heterocycles. The van der Waals surface area contributed by atoms with Crippen molar-refractivity contribution >= 4 is 11.7 Å². The number of nitrogens with zero attached hydrogens (tertiary/aromatic N) is 2. The van der Waals surface area contributed by atoms with Gasteiger partial charge in [-0.1, -0.05) is 30.3 Å². The van der Waals surface area contributed by atoms with Crippen LogP contribution in [0.4, 0.5) is 5.82 Å². The van der Waals surface area contributed by atoms with E-state index in [0.717, 1.165) is 5.56 Å². The van der Waals surface area contributed by atoms with Gasteiger partial charge in [0.1, 0.15) is 5.82 Å². The average molecular weight is 283 g/mol. The fraction of sp³-hybridized carbons (Fsp3) is 0.294. The number of amides is 1. The summed E-state index contributed by atoms with van der Waals surface area (Å²) in [5.74, 6) is 0.719. The third kappa shape index (κ3) is 3.81. The van der Waals surface area contributed by atoms with Gasteiger partial charge in [-0.25, -0.2) is 4.98 Å². The van der Waals surface area contributed by atoms with Crippen molar-refractivity contribution in [1.82, 2.24) is 9.88 Å².